The smallest absolute Gasteiger partial charge is 0.151 e. The van der Waals surface area contributed by atoms with Crippen LogP contribution in [-0.4, -0.2) is 35.6 Å². The summed E-state index contributed by atoms with van der Waals surface area (Å²) in [5.74, 6) is 0.845. The van der Waals surface area contributed by atoms with Gasteiger partial charge >= 0.3 is 0 Å². The molecule has 1 fully saturated rings. The highest BCUT2D eigenvalue weighted by Crippen LogP contribution is 2.30. The van der Waals surface area contributed by atoms with Crippen molar-refractivity contribution in [2.45, 2.75) is 18.9 Å². The monoisotopic (exact) mass is 206 g/mol. The van der Waals surface area contributed by atoms with Crippen molar-refractivity contribution in [3.63, 3.8) is 0 Å². The fourth-order valence-corrected chi connectivity index (χ4v) is 1.62. The molecule has 15 heavy (non-hydrogen) atoms. The molecular formula is C11H14N2O2. The molecule has 4 nitrogen and oxygen atoms in total. The van der Waals surface area contributed by atoms with Crippen LogP contribution in [0.1, 0.15) is 23.2 Å². The fraction of sp³-hybridized carbons (Fsp3) is 0.455. The normalized spacial score (nSPS) is 15.0. The summed E-state index contributed by atoms with van der Waals surface area (Å²) in [5, 5.41) is 8.95. The Kier molecular flexibility index (Phi) is 2.97. The van der Waals surface area contributed by atoms with Crippen LogP contribution in [0.5, 0.6) is 0 Å². The van der Waals surface area contributed by atoms with Crippen LogP contribution in [0.4, 0.5) is 5.82 Å². The molecule has 0 amide bonds. The lowest BCUT2D eigenvalue weighted by molar-refractivity contribution is 0.112. The molecule has 0 bridgehead atoms. The topological polar surface area (TPSA) is 53.4 Å². The zero-order chi connectivity index (χ0) is 10.7. The Bertz CT molecular complexity index is 333. The second kappa shape index (κ2) is 4.40. The molecule has 0 saturated heterocycles. The maximum atomic E-state index is 10.5. The molecule has 1 aromatic rings. The van der Waals surface area contributed by atoms with Gasteiger partial charge in [-0.05, 0) is 25.0 Å². The third kappa shape index (κ3) is 2.33. The Balaban J connectivity index is 2.14. The second-order valence-electron chi connectivity index (χ2n) is 3.72. The van der Waals surface area contributed by atoms with E-state index in [1.54, 1.807) is 12.3 Å². The highest BCUT2D eigenvalue weighted by atomic mass is 16.3. The average Bonchev–Trinajstić information content (AvgIpc) is 3.10. The molecule has 1 heterocycles. The number of nitrogens with zero attached hydrogens (tertiary/aromatic N) is 2. The third-order valence-corrected chi connectivity index (χ3v) is 2.53. The number of aliphatic hydroxyl groups excluding tert-OH is 1. The molecule has 0 aromatic carbocycles. The van der Waals surface area contributed by atoms with Crippen molar-refractivity contribution in [1.82, 2.24) is 4.98 Å². The Labute approximate surface area is 88.6 Å². The van der Waals surface area contributed by atoms with E-state index in [2.05, 4.69) is 9.88 Å². The Morgan fingerprint density at radius 2 is 2.33 bits per heavy atom. The van der Waals surface area contributed by atoms with Gasteiger partial charge in [0, 0.05) is 24.3 Å². The summed E-state index contributed by atoms with van der Waals surface area (Å²) in [4.78, 5) is 16.8. The summed E-state index contributed by atoms with van der Waals surface area (Å²) in [6.45, 7) is 0.742. The standard InChI is InChI=1S/C11H14N2O2/c14-6-5-13(10-2-3-10)11-4-1-9(8-15)7-12-11/h1,4,7-8,10,14H,2-3,5-6H2. The summed E-state index contributed by atoms with van der Waals surface area (Å²) in [5.41, 5.74) is 0.582. The molecule has 1 saturated carbocycles. The predicted molar refractivity (Wildman–Crippen MR) is 57.1 cm³/mol. The minimum absolute atomic E-state index is 0.133. The molecule has 0 aliphatic heterocycles. The molecular weight excluding hydrogens is 192 g/mol. The molecule has 0 spiro atoms. The SMILES string of the molecule is O=Cc1ccc(N(CCO)C2CC2)nc1. The van der Waals surface area contributed by atoms with Gasteiger partial charge in [0.25, 0.3) is 0 Å². The molecule has 0 unspecified atom stereocenters. The molecule has 1 aromatic heterocycles. The molecule has 0 radical (unpaired) electrons. The maximum absolute atomic E-state index is 10.5. The van der Waals surface area contributed by atoms with Crippen LogP contribution in [0, 0.1) is 0 Å². The van der Waals surface area contributed by atoms with E-state index in [4.69, 9.17) is 5.11 Å². The van der Waals surface area contributed by atoms with E-state index in [1.807, 2.05) is 6.07 Å². The molecule has 0 atom stereocenters. The van der Waals surface area contributed by atoms with Crippen LogP contribution in [0.15, 0.2) is 18.3 Å². The number of carbonyl (C=O) groups is 1. The first-order valence-electron chi connectivity index (χ1n) is 5.14. The summed E-state index contributed by atoms with van der Waals surface area (Å²) in [7, 11) is 0. The number of aromatic nitrogens is 1. The lowest BCUT2D eigenvalue weighted by atomic mass is 10.3. The van der Waals surface area contributed by atoms with Crippen LogP contribution in [0.3, 0.4) is 0 Å². The Morgan fingerprint density at radius 1 is 1.53 bits per heavy atom. The van der Waals surface area contributed by atoms with E-state index in [9.17, 15) is 4.79 Å². The number of hydrogen-bond donors (Lipinski definition) is 1. The van der Waals surface area contributed by atoms with Crippen molar-refractivity contribution in [2.24, 2.45) is 0 Å². The van der Waals surface area contributed by atoms with Crippen LogP contribution < -0.4 is 4.90 Å². The van der Waals surface area contributed by atoms with Gasteiger partial charge in [-0.15, -0.1) is 0 Å². The number of carbonyl (C=O) groups excluding carboxylic acids is 1. The van der Waals surface area contributed by atoms with E-state index >= 15 is 0 Å². The van der Waals surface area contributed by atoms with E-state index in [-0.39, 0.29) is 6.61 Å². The number of pyridine rings is 1. The summed E-state index contributed by atoms with van der Waals surface area (Å²) < 4.78 is 0. The van der Waals surface area contributed by atoms with Gasteiger partial charge in [-0.1, -0.05) is 0 Å². The van der Waals surface area contributed by atoms with Crippen molar-refractivity contribution in [3.05, 3.63) is 23.9 Å². The molecule has 1 aliphatic carbocycles. The zero-order valence-corrected chi connectivity index (χ0v) is 8.47. The minimum Gasteiger partial charge on any atom is -0.395 e. The molecule has 1 aliphatic rings. The largest absolute Gasteiger partial charge is 0.395 e. The van der Waals surface area contributed by atoms with E-state index in [0.717, 1.165) is 24.9 Å². The molecule has 1 N–H and O–H groups in total. The van der Waals surface area contributed by atoms with Gasteiger partial charge < -0.3 is 10.0 Å². The van der Waals surface area contributed by atoms with Gasteiger partial charge in [0.15, 0.2) is 6.29 Å². The molecule has 2 rings (SSSR count). The van der Waals surface area contributed by atoms with E-state index < -0.39 is 0 Å². The van der Waals surface area contributed by atoms with Crippen LogP contribution in [0.2, 0.25) is 0 Å². The second-order valence-corrected chi connectivity index (χ2v) is 3.72. The highest BCUT2D eigenvalue weighted by Gasteiger charge is 2.29. The fourth-order valence-electron chi connectivity index (χ4n) is 1.62. The van der Waals surface area contributed by atoms with Crippen molar-refractivity contribution in [3.8, 4) is 0 Å². The average molecular weight is 206 g/mol. The number of rotatable bonds is 5. The van der Waals surface area contributed by atoms with Gasteiger partial charge in [0.05, 0.1) is 6.61 Å². The Morgan fingerprint density at radius 3 is 2.80 bits per heavy atom. The highest BCUT2D eigenvalue weighted by molar-refractivity contribution is 5.74. The predicted octanol–water partition coefficient (Wildman–Crippen LogP) is 0.855. The number of hydrogen-bond acceptors (Lipinski definition) is 4. The van der Waals surface area contributed by atoms with Crippen molar-refractivity contribution < 1.29 is 9.90 Å². The Hall–Kier alpha value is -1.42. The van der Waals surface area contributed by atoms with Gasteiger partial charge in [0.2, 0.25) is 0 Å². The minimum atomic E-state index is 0.133. The molecule has 4 heteroatoms. The van der Waals surface area contributed by atoms with Gasteiger partial charge in [-0.2, -0.15) is 0 Å². The van der Waals surface area contributed by atoms with E-state index in [0.29, 0.717) is 18.2 Å². The molecule has 80 valence electrons. The number of anilines is 1. The summed E-state index contributed by atoms with van der Waals surface area (Å²) >= 11 is 0. The lowest BCUT2D eigenvalue weighted by Crippen LogP contribution is -2.29. The first-order valence-corrected chi connectivity index (χ1v) is 5.14. The van der Waals surface area contributed by atoms with Crippen molar-refractivity contribution >= 4 is 12.1 Å². The maximum Gasteiger partial charge on any atom is 0.151 e. The first-order chi connectivity index (χ1) is 7.35. The van der Waals surface area contributed by atoms with Gasteiger partial charge in [-0.3, -0.25) is 4.79 Å². The quantitative estimate of drug-likeness (QED) is 0.726. The summed E-state index contributed by atoms with van der Waals surface area (Å²) in [6, 6.07) is 4.10. The first kappa shape index (κ1) is 10.1. The summed E-state index contributed by atoms with van der Waals surface area (Å²) in [6.07, 6.45) is 4.67. The lowest BCUT2D eigenvalue weighted by Gasteiger charge is -2.22. The van der Waals surface area contributed by atoms with Gasteiger partial charge in [-0.25, -0.2) is 4.98 Å². The van der Waals surface area contributed by atoms with Crippen molar-refractivity contribution in [1.29, 1.82) is 0 Å². The van der Waals surface area contributed by atoms with Gasteiger partial charge in [0.1, 0.15) is 5.82 Å². The third-order valence-electron chi connectivity index (χ3n) is 2.53. The number of aldehydes is 1. The van der Waals surface area contributed by atoms with Crippen molar-refractivity contribution in [2.75, 3.05) is 18.1 Å². The number of aliphatic hydroxyl groups is 1. The zero-order valence-electron chi connectivity index (χ0n) is 8.47. The van der Waals surface area contributed by atoms with E-state index in [1.165, 1.54) is 0 Å². The van der Waals surface area contributed by atoms with Crippen LogP contribution >= 0.6 is 0 Å². The van der Waals surface area contributed by atoms with Crippen LogP contribution in [0.25, 0.3) is 0 Å². The van der Waals surface area contributed by atoms with Crippen LogP contribution in [-0.2, 0) is 0 Å².